The minimum atomic E-state index is -0.429. The van der Waals surface area contributed by atoms with E-state index in [1.807, 2.05) is 15.9 Å². The molecule has 0 unspecified atom stereocenters. The van der Waals surface area contributed by atoms with Crippen LogP contribution < -0.4 is 4.90 Å². The minimum absolute atomic E-state index is 0.00209. The standard InChI is InChI=1S/C20H22ClFN4O/c21-16-11-17(22)19(24-13-16)25-6-3-7-26(9-8-25)20(27)15-10-14-4-1-2-5-18(14)23-12-15/h10-13H,1-9H2. The Morgan fingerprint density at radius 1 is 1.00 bits per heavy atom. The number of aryl methyl sites for hydroxylation is 2. The molecule has 4 rings (SSSR count). The maximum atomic E-state index is 14.2. The SMILES string of the molecule is O=C(c1cnc2c(c1)CCCC2)N1CCCN(c2ncc(Cl)cc2F)CC1. The molecule has 7 heteroatoms. The Kier molecular flexibility index (Phi) is 5.25. The van der Waals surface area contributed by atoms with Crippen LogP contribution in [0, 0.1) is 5.82 Å². The molecule has 1 saturated heterocycles. The van der Waals surface area contributed by atoms with Gasteiger partial charge in [0.2, 0.25) is 0 Å². The van der Waals surface area contributed by atoms with E-state index in [9.17, 15) is 9.18 Å². The van der Waals surface area contributed by atoms with Crippen molar-refractivity contribution < 1.29 is 9.18 Å². The Morgan fingerprint density at radius 2 is 1.85 bits per heavy atom. The van der Waals surface area contributed by atoms with Gasteiger partial charge in [-0.25, -0.2) is 9.37 Å². The maximum absolute atomic E-state index is 14.2. The topological polar surface area (TPSA) is 49.3 Å². The molecule has 27 heavy (non-hydrogen) atoms. The van der Waals surface area contributed by atoms with Crippen LogP contribution in [0.4, 0.5) is 10.2 Å². The van der Waals surface area contributed by atoms with Crippen molar-refractivity contribution in [2.75, 3.05) is 31.1 Å². The number of amides is 1. The van der Waals surface area contributed by atoms with Crippen molar-refractivity contribution in [2.24, 2.45) is 0 Å². The molecule has 2 aliphatic rings. The zero-order chi connectivity index (χ0) is 18.8. The molecule has 0 radical (unpaired) electrons. The van der Waals surface area contributed by atoms with Gasteiger partial charge in [0.1, 0.15) is 0 Å². The lowest BCUT2D eigenvalue weighted by Gasteiger charge is -2.23. The van der Waals surface area contributed by atoms with Crippen LogP contribution in [0.5, 0.6) is 0 Å². The Hall–Kier alpha value is -2.21. The van der Waals surface area contributed by atoms with Crippen LogP contribution in [0.3, 0.4) is 0 Å². The third-order valence-electron chi connectivity index (χ3n) is 5.29. The molecule has 0 aromatic carbocycles. The molecule has 0 spiro atoms. The minimum Gasteiger partial charge on any atom is -0.352 e. The zero-order valence-electron chi connectivity index (χ0n) is 15.1. The number of halogens is 2. The number of aromatic nitrogens is 2. The number of hydrogen-bond acceptors (Lipinski definition) is 4. The van der Waals surface area contributed by atoms with Crippen LogP contribution in [0.15, 0.2) is 24.5 Å². The lowest BCUT2D eigenvalue weighted by Crippen LogP contribution is -2.35. The van der Waals surface area contributed by atoms with Gasteiger partial charge in [-0.3, -0.25) is 9.78 Å². The summed E-state index contributed by atoms with van der Waals surface area (Å²) in [5.41, 5.74) is 2.99. The molecule has 2 aromatic rings. The first-order chi connectivity index (χ1) is 13.1. The molecule has 142 valence electrons. The average Bonchev–Trinajstić information content (AvgIpc) is 2.93. The van der Waals surface area contributed by atoms with Gasteiger partial charge < -0.3 is 9.80 Å². The van der Waals surface area contributed by atoms with Crippen LogP contribution in [-0.4, -0.2) is 47.0 Å². The third kappa shape index (κ3) is 3.90. The van der Waals surface area contributed by atoms with E-state index >= 15 is 0 Å². The second-order valence-corrected chi connectivity index (χ2v) is 7.57. The van der Waals surface area contributed by atoms with Crippen LogP contribution in [0.1, 0.15) is 40.9 Å². The number of nitrogens with zero attached hydrogens (tertiary/aromatic N) is 4. The summed E-state index contributed by atoms with van der Waals surface area (Å²) in [5, 5.41) is 0.280. The Balaban J connectivity index is 1.47. The van der Waals surface area contributed by atoms with Crippen molar-refractivity contribution in [1.29, 1.82) is 0 Å². The number of pyridine rings is 2. The summed E-state index contributed by atoms with van der Waals surface area (Å²) in [6, 6.07) is 3.28. The lowest BCUT2D eigenvalue weighted by atomic mass is 9.95. The van der Waals surface area contributed by atoms with Gasteiger partial charge >= 0.3 is 0 Å². The third-order valence-corrected chi connectivity index (χ3v) is 5.49. The molecular formula is C20H22ClFN4O. The summed E-state index contributed by atoms with van der Waals surface area (Å²) < 4.78 is 14.2. The van der Waals surface area contributed by atoms with Gasteiger partial charge in [0.15, 0.2) is 11.6 Å². The molecule has 1 aliphatic carbocycles. The van der Waals surface area contributed by atoms with E-state index in [0.717, 1.165) is 31.4 Å². The molecular weight excluding hydrogens is 367 g/mol. The highest BCUT2D eigenvalue weighted by Crippen LogP contribution is 2.23. The zero-order valence-corrected chi connectivity index (χ0v) is 15.9. The number of anilines is 1. The molecule has 0 atom stereocenters. The largest absolute Gasteiger partial charge is 0.352 e. The highest BCUT2D eigenvalue weighted by Gasteiger charge is 2.23. The molecule has 0 N–H and O–H groups in total. The van der Waals surface area contributed by atoms with Crippen molar-refractivity contribution in [1.82, 2.24) is 14.9 Å². The first-order valence-electron chi connectivity index (χ1n) is 9.45. The van der Waals surface area contributed by atoms with Crippen molar-refractivity contribution in [3.8, 4) is 0 Å². The van der Waals surface area contributed by atoms with Gasteiger partial charge in [-0.1, -0.05) is 11.6 Å². The molecule has 5 nitrogen and oxygen atoms in total. The summed E-state index contributed by atoms with van der Waals surface area (Å²) >= 11 is 5.79. The first kappa shape index (κ1) is 18.2. The second-order valence-electron chi connectivity index (χ2n) is 7.13. The fraction of sp³-hybridized carbons (Fsp3) is 0.450. The predicted molar refractivity (Wildman–Crippen MR) is 103 cm³/mol. The van der Waals surface area contributed by atoms with Gasteiger partial charge in [-0.2, -0.15) is 0 Å². The fourth-order valence-electron chi connectivity index (χ4n) is 3.86. The Bertz CT molecular complexity index is 860. The number of rotatable bonds is 2. The summed E-state index contributed by atoms with van der Waals surface area (Å²) in [4.78, 5) is 25.3. The lowest BCUT2D eigenvalue weighted by molar-refractivity contribution is 0.0766. The predicted octanol–water partition coefficient (Wildman–Crippen LogP) is 3.50. The van der Waals surface area contributed by atoms with Gasteiger partial charge in [-0.15, -0.1) is 0 Å². The van der Waals surface area contributed by atoms with Crippen molar-refractivity contribution >= 4 is 23.3 Å². The van der Waals surface area contributed by atoms with E-state index in [4.69, 9.17) is 11.6 Å². The van der Waals surface area contributed by atoms with E-state index in [1.54, 1.807) is 6.20 Å². The van der Waals surface area contributed by atoms with Crippen molar-refractivity contribution in [2.45, 2.75) is 32.1 Å². The summed E-state index contributed by atoms with van der Waals surface area (Å²) in [6.07, 6.45) is 8.24. The van der Waals surface area contributed by atoms with E-state index in [2.05, 4.69) is 9.97 Å². The number of carbonyl (C=O) groups is 1. The first-order valence-corrected chi connectivity index (χ1v) is 9.82. The van der Waals surface area contributed by atoms with Crippen LogP contribution in [-0.2, 0) is 12.8 Å². The van der Waals surface area contributed by atoms with Gasteiger partial charge in [0.05, 0.1) is 10.6 Å². The van der Waals surface area contributed by atoms with Crippen molar-refractivity contribution in [3.05, 3.63) is 52.2 Å². The Morgan fingerprint density at radius 3 is 2.70 bits per heavy atom. The molecule has 0 bridgehead atoms. The monoisotopic (exact) mass is 388 g/mol. The van der Waals surface area contributed by atoms with Gasteiger partial charge in [0, 0.05) is 44.3 Å². The number of carbonyl (C=O) groups excluding carboxylic acids is 1. The number of fused-ring (bicyclic) bond motifs is 1. The highest BCUT2D eigenvalue weighted by atomic mass is 35.5. The van der Waals surface area contributed by atoms with Gasteiger partial charge in [0.25, 0.3) is 5.91 Å². The molecule has 2 aromatic heterocycles. The summed E-state index contributed by atoms with van der Waals surface area (Å²) in [5.74, 6) is -0.132. The summed E-state index contributed by atoms with van der Waals surface area (Å²) in [6.45, 7) is 2.36. The van der Waals surface area contributed by atoms with Crippen LogP contribution in [0.2, 0.25) is 5.02 Å². The average molecular weight is 389 g/mol. The smallest absolute Gasteiger partial charge is 0.255 e. The molecule has 1 amide bonds. The summed E-state index contributed by atoms with van der Waals surface area (Å²) in [7, 11) is 0. The second kappa shape index (κ2) is 7.80. The van der Waals surface area contributed by atoms with E-state index in [-0.39, 0.29) is 10.9 Å². The normalized spacial score (nSPS) is 17.4. The fourth-order valence-corrected chi connectivity index (χ4v) is 4.00. The molecule has 1 aliphatic heterocycles. The quantitative estimate of drug-likeness (QED) is 0.790. The van der Waals surface area contributed by atoms with Crippen LogP contribution in [0.25, 0.3) is 0 Å². The highest BCUT2D eigenvalue weighted by molar-refractivity contribution is 6.30. The Labute approximate surface area is 163 Å². The van der Waals surface area contributed by atoms with E-state index in [1.165, 1.54) is 24.2 Å². The van der Waals surface area contributed by atoms with Crippen molar-refractivity contribution in [3.63, 3.8) is 0 Å². The molecule has 1 fully saturated rings. The molecule has 0 saturated carbocycles. The number of hydrogen-bond donors (Lipinski definition) is 0. The molecule has 3 heterocycles. The van der Waals surface area contributed by atoms with E-state index in [0.29, 0.717) is 37.6 Å². The van der Waals surface area contributed by atoms with Crippen LogP contribution >= 0.6 is 11.6 Å². The van der Waals surface area contributed by atoms with E-state index < -0.39 is 5.82 Å². The maximum Gasteiger partial charge on any atom is 0.255 e. The van der Waals surface area contributed by atoms with Gasteiger partial charge in [-0.05, 0) is 49.8 Å².